The molecule has 2 nitrogen and oxygen atoms in total. The molecule has 0 aliphatic rings. The number of ketones is 1. The van der Waals surface area contributed by atoms with Gasteiger partial charge in [0.1, 0.15) is 0 Å². The van der Waals surface area contributed by atoms with E-state index in [1.807, 2.05) is 79.7 Å². The molecular weight excluding hydrogens is 258 g/mol. The molecule has 0 saturated carbocycles. The average Bonchev–Trinajstić information content (AvgIpc) is 2.52. The maximum atomic E-state index is 12.2. The molecule has 0 aliphatic heterocycles. The summed E-state index contributed by atoms with van der Waals surface area (Å²) in [5.74, 6) is 0.159. The predicted octanol–water partition coefficient (Wildman–Crippen LogP) is 3.64. The molecule has 0 fully saturated rings. The lowest BCUT2D eigenvalue weighted by Crippen LogP contribution is -2.15. The molecule has 0 N–H and O–H groups in total. The number of carbonyl (C=O) groups excluding carboxylic acids is 1. The first-order valence-electron chi connectivity index (χ1n) is 7.17. The van der Waals surface area contributed by atoms with Gasteiger partial charge in [-0.2, -0.15) is 0 Å². The van der Waals surface area contributed by atoms with Gasteiger partial charge in [-0.05, 0) is 36.9 Å². The smallest absolute Gasteiger partial charge is 0.157 e. The second-order valence-corrected chi connectivity index (χ2v) is 5.31. The zero-order valence-electron chi connectivity index (χ0n) is 12.6. The zero-order valence-corrected chi connectivity index (χ0v) is 12.6. The molecule has 2 aromatic carbocycles. The summed E-state index contributed by atoms with van der Waals surface area (Å²) in [4.78, 5) is 14.2. The van der Waals surface area contributed by atoms with E-state index in [9.17, 15) is 4.79 Å². The molecule has 0 radical (unpaired) electrons. The fourth-order valence-electron chi connectivity index (χ4n) is 2.14. The Morgan fingerprint density at radius 1 is 0.905 bits per heavy atom. The Kier molecular flexibility index (Phi) is 5.47. The van der Waals surface area contributed by atoms with Gasteiger partial charge < -0.3 is 4.90 Å². The average molecular weight is 279 g/mol. The van der Waals surface area contributed by atoms with Crippen LogP contribution >= 0.6 is 0 Å². The van der Waals surface area contributed by atoms with Gasteiger partial charge in [0, 0.05) is 13.0 Å². The highest BCUT2D eigenvalue weighted by atomic mass is 16.1. The second-order valence-electron chi connectivity index (χ2n) is 5.31. The van der Waals surface area contributed by atoms with E-state index in [1.165, 1.54) is 0 Å². The van der Waals surface area contributed by atoms with Crippen LogP contribution in [-0.2, 0) is 4.79 Å². The molecule has 0 bridgehead atoms. The summed E-state index contributed by atoms with van der Waals surface area (Å²) in [6.45, 7) is 0.770. The Bertz CT molecular complexity index is 558. The molecule has 0 unspecified atom stereocenters. The molecule has 0 heterocycles. The molecular formula is C19H21NO. The van der Waals surface area contributed by atoms with E-state index >= 15 is 0 Å². The van der Waals surface area contributed by atoms with Gasteiger partial charge in [0.25, 0.3) is 0 Å². The van der Waals surface area contributed by atoms with Crippen LogP contribution in [0.15, 0.2) is 66.7 Å². The Morgan fingerprint density at radius 3 is 1.81 bits per heavy atom. The molecule has 0 aromatic heterocycles. The summed E-state index contributed by atoms with van der Waals surface area (Å²) in [5.41, 5.74) is 3.13. The minimum atomic E-state index is 0.159. The van der Waals surface area contributed by atoms with Crippen LogP contribution in [0.2, 0.25) is 0 Å². The van der Waals surface area contributed by atoms with Crippen molar-refractivity contribution in [1.29, 1.82) is 0 Å². The van der Waals surface area contributed by atoms with Crippen molar-refractivity contribution >= 4 is 11.4 Å². The summed E-state index contributed by atoms with van der Waals surface area (Å²) in [6.07, 6.45) is 2.31. The van der Waals surface area contributed by atoms with E-state index in [0.29, 0.717) is 6.42 Å². The molecule has 0 aliphatic carbocycles. The van der Waals surface area contributed by atoms with Crippen molar-refractivity contribution in [2.24, 2.45) is 0 Å². The fourth-order valence-corrected chi connectivity index (χ4v) is 2.14. The third kappa shape index (κ3) is 4.69. The van der Waals surface area contributed by atoms with Crippen molar-refractivity contribution in [3.8, 4) is 0 Å². The Labute approximate surface area is 126 Å². The number of benzene rings is 2. The zero-order chi connectivity index (χ0) is 15.1. The lowest BCUT2D eigenvalue weighted by atomic mass is 9.96. The molecule has 0 spiro atoms. The maximum absolute atomic E-state index is 12.2. The summed E-state index contributed by atoms with van der Waals surface area (Å²) in [5, 5.41) is 0. The standard InChI is InChI=1S/C19H21NO/c1-20(2)14-13-18(21)15-19(16-9-5-3-6-10-16)17-11-7-4-8-12-17/h3-12,15H,13-14H2,1-2H3. The number of hydrogen-bond donors (Lipinski definition) is 0. The van der Waals surface area contributed by atoms with Gasteiger partial charge >= 0.3 is 0 Å². The van der Waals surface area contributed by atoms with Crippen molar-refractivity contribution in [1.82, 2.24) is 4.90 Å². The summed E-state index contributed by atoms with van der Waals surface area (Å²) in [6, 6.07) is 20.1. The minimum Gasteiger partial charge on any atom is -0.309 e. The van der Waals surface area contributed by atoms with Crippen LogP contribution in [0.1, 0.15) is 17.5 Å². The van der Waals surface area contributed by atoms with Gasteiger partial charge in [-0.1, -0.05) is 60.7 Å². The Hall–Kier alpha value is -2.19. The molecule has 21 heavy (non-hydrogen) atoms. The molecule has 0 atom stereocenters. The highest BCUT2D eigenvalue weighted by Crippen LogP contribution is 2.23. The van der Waals surface area contributed by atoms with Crippen LogP contribution in [0, 0.1) is 0 Å². The lowest BCUT2D eigenvalue weighted by Gasteiger charge is -2.10. The van der Waals surface area contributed by atoms with Crippen LogP contribution in [0.3, 0.4) is 0 Å². The molecule has 2 heteroatoms. The fraction of sp³-hybridized carbons (Fsp3) is 0.211. The van der Waals surface area contributed by atoms with E-state index in [-0.39, 0.29) is 5.78 Å². The van der Waals surface area contributed by atoms with Crippen molar-refractivity contribution in [3.63, 3.8) is 0 Å². The van der Waals surface area contributed by atoms with Gasteiger partial charge in [0.15, 0.2) is 5.78 Å². The van der Waals surface area contributed by atoms with Crippen LogP contribution in [0.25, 0.3) is 5.57 Å². The predicted molar refractivity (Wildman–Crippen MR) is 88.1 cm³/mol. The van der Waals surface area contributed by atoms with E-state index in [0.717, 1.165) is 23.2 Å². The van der Waals surface area contributed by atoms with E-state index in [2.05, 4.69) is 0 Å². The monoisotopic (exact) mass is 279 g/mol. The summed E-state index contributed by atoms with van der Waals surface area (Å²) >= 11 is 0. The first-order chi connectivity index (χ1) is 10.2. The molecule has 2 rings (SSSR count). The minimum absolute atomic E-state index is 0.159. The maximum Gasteiger partial charge on any atom is 0.157 e. The van der Waals surface area contributed by atoms with Crippen molar-refractivity contribution in [2.75, 3.05) is 20.6 Å². The number of carbonyl (C=O) groups is 1. The summed E-state index contributed by atoms with van der Waals surface area (Å²) in [7, 11) is 3.96. The largest absolute Gasteiger partial charge is 0.309 e. The van der Waals surface area contributed by atoms with E-state index in [4.69, 9.17) is 0 Å². The molecule has 0 amide bonds. The number of allylic oxidation sites excluding steroid dienone is 1. The Balaban J connectivity index is 2.31. The highest BCUT2D eigenvalue weighted by Gasteiger charge is 2.07. The molecule has 0 saturated heterocycles. The topological polar surface area (TPSA) is 20.3 Å². The summed E-state index contributed by atoms with van der Waals surface area (Å²) < 4.78 is 0. The SMILES string of the molecule is CN(C)CCC(=O)C=C(c1ccccc1)c1ccccc1. The number of hydrogen-bond acceptors (Lipinski definition) is 2. The van der Waals surface area contributed by atoms with Gasteiger partial charge in [0.2, 0.25) is 0 Å². The van der Waals surface area contributed by atoms with Crippen LogP contribution < -0.4 is 0 Å². The van der Waals surface area contributed by atoms with E-state index < -0.39 is 0 Å². The third-order valence-electron chi connectivity index (χ3n) is 3.28. The van der Waals surface area contributed by atoms with Gasteiger partial charge in [-0.3, -0.25) is 4.79 Å². The van der Waals surface area contributed by atoms with Gasteiger partial charge in [-0.25, -0.2) is 0 Å². The normalized spacial score (nSPS) is 10.4. The van der Waals surface area contributed by atoms with Crippen LogP contribution in [0.5, 0.6) is 0 Å². The van der Waals surface area contributed by atoms with Crippen molar-refractivity contribution in [3.05, 3.63) is 77.9 Å². The second kappa shape index (κ2) is 7.55. The van der Waals surface area contributed by atoms with E-state index in [1.54, 1.807) is 6.08 Å². The third-order valence-corrected chi connectivity index (χ3v) is 3.28. The first kappa shape index (κ1) is 15.2. The van der Waals surface area contributed by atoms with Crippen molar-refractivity contribution < 1.29 is 4.79 Å². The molecule has 2 aromatic rings. The van der Waals surface area contributed by atoms with Crippen LogP contribution in [0.4, 0.5) is 0 Å². The Morgan fingerprint density at radius 2 is 1.38 bits per heavy atom. The number of nitrogens with zero attached hydrogens (tertiary/aromatic N) is 1. The lowest BCUT2D eigenvalue weighted by molar-refractivity contribution is -0.114. The highest BCUT2D eigenvalue weighted by molar-refractivity contribution is 6.00. The van der Waals surface area contributed by atoms with Crippen molar-refractivity contribution in [2.45, 2.75) is 6.42 Å². The van der Waals surface area contributed by atoms with Gasteiger partial charge in [-0.15, -0.1) is 0 Å². The van der Waals surface area contributed by atoms with Gasteiger partial charge in [0.05, 0.1) is 0 Å². The molecule has 108 valence electrons. The first-order valence-corrected chi connectivity index (χ1v) is 7.17. The van der Waals surface area contributed by atoms with Crippen LogP contribution in [-0.4, -0.2) is 31.3 Å². The quantitative estimate of drug-likeness (QED) is 0.752. The number of rotatable bonds is 6.